The van der Waals surface area contributed by atoms with Crippen LogP contribution in [-0.2, 0) is 27.2 Å². The SMILES string of the molecule is C/C(=C\C(=O)N(C)[C@H](Cc1ccc2ccccc2c1)C(=O)N(C)C(Cc1ccccc1)C(=O)N1CCN(C)CC1)CC(C)(C)N. The lowest BCUT2D eigenvalue weighted by Crippen LogP contribution is -2.58. The summed E-state index contributed by atoms with van der Waals surface area (Å²) in [6.07, 6.45) is 2.83. The Bertz CT molecular complexity index is 1510. The normalized spacial score (nSPS) is 15.9. The standard InChI is InChI=1S/C37H49N5O3/c1-27(26-37(2,3)38)22-34(43)40(5)32(25-29-16-17-30-14-10-11-15-31(30)23-29)35(44)41(6)33(24-28-12-8-7-9-13-28)36(45)42-20-18-39(4)19-21-42/h7-17,22-23,32-33H,18-21,24-26,38H2,1-6H3/b27-22+/t32-,33?/m1/s1. The first-order chi connectivity index (χ1) is 21.3. The number of nitrogens with two attached hydrogens (primary N) is 1. The number of hydrogen-bond donors (Lipinski definition) is 1. The second kappa shape index (κ2) is 14.8. The van der Waals surface area contributed by atoms with Gasteiger partial charge in [-0.25, -0.2) is 0 Å². The highest BCUT2D eigenvalue weighted by molar-refractivity contribution is 5.95. The molecular formula is C37H49N5O3. The van der Waals surface area contributed by atoms with E-state index in [9.17, 15) is 14.4 Å². The molecule has 2 N–H and O–H groups in total. The highest BCUT2D eigenvalue weighted by atomic mass is 16.2. The summed E-state index contributed by atoms with van der Waals surface area (Å²) in [7, 11) is 5.42. The first kappa shape index (κ1) is 33.9. The number of rotatable bonds is 11. The Morgan fingerprint density at radius 3 is 2.07 bits per heavy atom. The van der Waals surface area contributed by atoms with Crippen LogP contribution in [-0.4, -0.2) is 102 Å². The lowest BCUT2D eigenvalue weighted by atomic mass is 9.96. The van der Waals surface area contributed by atoms with Gasteiger partial charge in [0, 0.05) is 64.7 Å². The molecule has 1 unspecified atom stereocenters. The molecule has 1 aliphatic rings. The van der Waals surface area contributed by atoms with Crippen LogP contribution in [0, 0.1) is 0 Å². The quantitative estimate of drug-likeness (QED) is 0.330. The van der Waals surface area contributed by atoms with Gasteiger partial charge < -0.3 is 25.3 Å². The number of carbonyl (C=O) groups excluding carboxylic acids is 3. The first-order valence-electron chi connectivity index (χ1n) is 15.8. The fourth-order valence-corrected chi connectivity index (χ4v) is 6.07. The van der Waals surface area contributed by atoms with Crippen LogP contribution in [0.3, 0.4) is 0 Å². The van der Waals surface area contributed by atoms with Gasteiger partial charge >= 0.3 is 0 Å². The molecule has 240 valence electrons. The Hall–Kier alpha value is -4.01. The van der Waals surface area contributed by atoms with Crippen molar-refractivity contribution in [3.63, 3.8) is 0 Å². The number of nitrogens with zero attached hydrogens (tertiary/aromatic N) is 4. The summed E-state index contributed by atoms with van der Waals surface area (Å²) in [6.45, 7) is 8.53. The molecule has 3 aromatic rings. The molecule has 1 heterocycles. The number of carbonyl (C=O) groups is 3. The van der Waals surface area contributed by atoms with Gasteiger partial charge in [-0.15, -0.1) is 0 Å². The minimum absolute atomic E-state index is 0.0674. The Kier molecular flexibility index (Phi) is 11.2. The Morgan fingerprint density at radius 1 is 0.822 bits per heavy atom. The maximum absolute atomic E-state index is 14.6. The number of benzene rings is 3. The average Bonchev–Trinajstić information content (AvgIpc) is 3.01. The third-order valence-corrected chi connectivity index (χ3v) is 8.63. The van der Waals surface area contributed by atoms with E-state index in [4.69, 9.17) is 5.73 Å². The molecule has 2 atom stereocenters. The van der Waals surface area contributed by atoms with E-state index in [2.05, 4.69) is 17.0 Å². The first-order valence-corrected chi connectivity index (χ1v) is 15.8. The molecule has 0 aromatic heterocycles. The molecule has 0 saturated carbocycles. The van der Waals surface area contributed by atoms with Crippen molar-refractivity contribution in [3.8, 4) is 0 Å². The Balaban J connectivity index is 1.68. The van der Waals surface area contributed by atoms with Crippen molar-refractivity contribution in [2.45, 2.75) is 57.7 Å². The summed E-state index contributed by atoms with van der Waals surface area (Å²) >= 11 is 0. The van der Waals surface area contributed by atoms with Crippen molar-refractivity contribution in [2.24, 2.45) is 5.73 Å². The minimum Gasteiger partial charge on any atom is -0.338 e. The van der Waals surface area contributed by atoms with Crippen LogP contribution in [0.25, 0.3) is 10.8 Å². The zero-order chi connectivity index (χ0) is 32.7. The van der Waals surface area contributed by atoms with Gasteiger partial charge in [-0.2, -0.15) is 0 Å². The minimum atomic E-state index is -0.822. The number of fused-ring (bicyclic) bond motifs is 1. The van der Waals surface area contributed by atoms with Crippen LogP contribution in [0.15, 0.2) is 84.4 Å². The van der Waals surface area contributed by atoms with Gasteiger partial charge in [0.05, 0.1) is 0 Å². The van der Waals surface area contributed by atoms with E-state index in [-0.39, 0.29) is 17.7 Å². The largest absolute Gasteiger partial charge is 0.338 e. The highest BCUT2D eigenvalue weighted by Gasteiger charge is 2.37. The summed E-state index contributed by atoms with van der Waals surface area (Å²) in [5.74, 6) is -0.607. The van der Waals surface area contributed by atoms with Crippen molar-refractivity contribution < 1.29 is 14.4 Å². The molecule has 0 radical (unpaired) electrons. The van der Waals surface area contributed by atoms with Crippen LogP contribution in [0.5, 0.6) is 0 Å². The predicted molar refractivity (Wildman–Crippen MR) is 182 cm³/mol. The summed E-state index contributed by atoms with van der Waals surface area (Å²) in [4.78, 5) is 49.4. The molecule has 8 heteroatoms. The molecule has 0 spiro atoms. The molecule has 1 aliphatic heterocycles. The van der Waals surface area contributed by atoms with Gasteiger partial charge in [-0.1, -0.05) is 78.4 Å². The van der Waals surface area contributed by atoms with Crippen LogP contribution in [0.2, 0.25) is 0 Å². The topological polar surface area (TPSA) is 90.2 Å². The molecule has 8 nitrogen and oxygen atoms in total. The smallest absolute Gasteiger partial charge is 0.246 e. The monoisotopic (exact) mass is 611 g/mol. The van der Waals surface area contributed by atoms with E-state index in [1.165, 1.54) is 4.90 Å². The third kappa shape index (κ3) is 9.25. The number of likely N-dealkylation sites (N-methyl/N-ethyl adjacent to an activating group) is 3. The summed E-state index contributed by atoms with van der Waals surface area (Å²) < 4.78 is 0. The van der Waals surface area contributed by atoms with E-state index in [0.29, 0.717) is 32.4 Å². The zero-order valence-electron chi connectivity index (χ0n) is 27.7. The molecule has 1 fully saturated rings. The van der Waals surface area contributed by atoms with Crippen molar-refractivity contribution in [1.82, 2.24) is 19.6 Å². The summed E-state index contributed by atoms with van der Waals surface area (Å²) in [5, 5.41) is 2.17. The van der Waals surface area contributed by atoms with Crippen LogP contribution in [0.1, 0.15) is 38.3 Å². The molecule has 1 saturated heterocycles. The van der Waals surface area contributed by atoms with Gasteiger partial charge in [0.2, 0.25) is 17.7 Å². The van der Waals surface area contributed by atoms with Crippen LogP contribution in [0.4, 0.5) is 0 Å². The van der Waals surface area contributed by atoms with Crippen LogP contribution >= 0.6 is 0 Å². The van der Waals surface area contributed by atoms with E-state index in [1.807, 2.05) is 93.4 Å². The number of piperazine rings is 1. The number of hydrogen-bond acceptors (Lipinski definition) is 5. The maximum atomic E-state index is 14.6. The third-order valence-electron chi connectivity index (χ3n) is 8.63. The van der Waals surface area contributed by atoms with Crippen molar-refractivity contribution in [3.05, 3.63) is 95.6 Å². The van der Waals surface area contributed by atoms with E-state index < -0.39 is 17.6 Å². The van der Waals surface area contributed by atoms with E-state index in [0.717, 1.165) is 40.6 Å². The summed E-state index contributed by atoms with van der Waals surface area (Å²) in [6, 6.07) is 22.5. The number of amides is 3. The van der Waals surface area contributed by atoms with E-state index >= 15 is 0 Å². The second-order valence-electron chi connectivity index (χ2n) is 13.3. The second-order valence-corrected chi connectivity index (χ2v) is 13.3. The fraction of sp³-hybridized carbons (Fsp3) is 0.432. The molecule has 3 amide bonds. The molecule has 0 aliphatic carbocycles. The van der Waals surface area contributed by atoms with Crippen molar-refractivity contribution >= 4 is 28.5 Å². The van der Waals surface area contributed by atoms with E-state index in [1.54, 1.807) is 25.1 Å². The lowest BCUT2D eigenvalue weighted by Gasteiger charge is -2.39. The molecule has 4 rings (SSSR count). The predicted octanol–water partition coefficient (Wildman–Crippen LogP) is 4.13. The van der Waals surface area contributed by atoms with Gasteiger partial charge in [0.15, 0.2) is 0 Å². The fourth-order valence-electron chi connectivity index (χ4n) is 6.07. The zero-order valence-corrected chi connectivity index (χ0v) is 27.7. The van der Waals surface area contributed by atoms with Crippen molar-refractivity contribution in [2.75, 3.05) is 47.3 Å². The lowest BCUT2D eigenvalue weighted by molar-refractivity contribution is -0.149. The Labute approximate surface area is 268 Å². The van der Waals surface area contributed by atoms with Gasteiger partial charge in [0.25, 0.3) is 0 Å². The highest BCUT2D eigenvalue weighted by Crippen LogP contribution is 2.21. The maximum Gasteiger partial charge on any atom is 0.246 e. The van der Waals surface area contributed by atoms with Crippen molar-refractivity contribution in [1.29, 1.82) is 0 Å². The average molecular weight is 612 g/mol. The molecule has 3 aromatic carbocycles. The van der Waals surface area contributed by atoms with Gasteiger partial charge in [-0.05, 0) is 56.1 Å². The molecule has 0 bridgehead atoms. The summed E-state index contributed by atoms with van der Waals surface area (Å²) in [5.41, 5.74) is 8.51. The molecule has 45 heavy (non-hydrogen) atoms. The molecular weight excluding hydrogens is 562 g/mol. The Morgan fingerprint density at radius 2 is 1.42 bits per heavy atom. The van der Waals surface area contributed by atoms with Crippen LogP contribution < -0.4 is 5.73 Å². The van der Waals surface area contributed by atoms with Gasteiger partial charge in [-0.3, -0.25) is 14.4 Å². The van der Waals surface area contributed by atoms with Gasteiger partial charge in [0.1, 0.15) is 12.1 Å².